The van der Waals surface area contributed by atoms with Crippen molar-refractivity contribution in [2.24, 2.45) is 0 Å². The summed E-state index contributed by atoms with van der Waals surface area (Å²) in [4.78, 5) is 10.0. The van der Waals surface area contributed by atoms with Crippen molar-refractivity contribution in [2.75, 3.05) is 19.7 Å². The highest BCUT2D eigenvalue weighted by Gasteiger charge is 2.20. The molecule has 0 aromatic heterocycles. The Morgan fingerprint density at radius 1 is 1.42 bits per heavy atom. The number of non-ortho nitro benzene ring substituents is 1. The summed E-state index contributed by atoms with van der Waals surface area (Å²) in [5, 5.41) is 23.7. The van der Waals surface area contributed by atoms with Crippen LogP contribution in [0.3, 0.4) is 0 Å². The van der Waals surface area contributed by atoms with Crippen molar-refractivity contribution in [3.8, 4) is 5.75 Å². The van der Waals surface area contributed by atoms with E-state index in [-0.39, 0.29) is 12.3 Å². The fraction of sp³-hybridized carbons (Fsp3) is 0.538. The molecule has 2 N–H and O–H groups in total. The molecule has 0 saturated heterocycles. The molecule has 0 aliphatic rings. The summed E-state index contributed by atoms with van der Waals surface area (Å²) in [6.45, 7) is 5.14. The first kappa shape index (κ1) is 15.4. The van der Waals surface area contributed by atoms with Crippen molar-refractivity contribution >= 4 is 5.69 Å². The van der Waals surface area contributed by atoms with Crippen molar-refractivity contribution in [2.45, 2.75) is 25.9 Å². The van der Waals surface area contributed by atoms with Gasteiger partial charge in [0.25, 0.3) is 5.69 Å². The highest BCUT2D eigenvalue weighted by atomic mass is 16.6. The van der Waals surface area contributed by atoms with Crippen LogP contribution in [0.5, 0.6) is 5.75 Å². The fourth-order valence-corrected chi connectivity index (χ4v) is 1.49. The quantitative estimate of drug-likeness (QED) is 0.426. The molecule has 106 valence electrons. The van der Waals surface area contributed by atoms with Crippen molar-refractivity contribution in [1.29, 1.82) is 0 Å². The van der Waals surface area contributed by atoms with Crippen molar-refractivity contribution in [3.05, 3.63) is 34.4 Å². The molecule has 6 heteroatoms. The largest absolute Gasteiger partial charge is 0.491 e. The first-order valence-electron chi connectivity index (χ1n) is 6.25. The molecule has 0 saturated carbocycles. The summed E-state index contributed by atoms with van der Waals surface area (Å²) in [5.74, 6) is 0.501. The predicted octanol–water partition coefficient (Wildman–Crippen LogP) is 1.72. The summed E-state index contributed by atoms with van der Waals surface area (Å²) < 4.78 is 5.42. The van der Waals surface area contributed by atoms with E-state index in [1.807, 2.05) is 0 Å². The Kier molecular flexibility index (Phi) is 5.72. The SMILES string of the molecule is CCCNCC(C)(O)COc1ccc([N+](=O)[O-])cc1. The van der Waals surface area contributed by atoms with E-state index in [2.05, 4.69) is 12.2 Å². The van der Waals surface area contributed by atoms with E-state index in [0.717, 1.165) is 13.0 Å². The third kappa shape index (κ3) is 5.67. The minimum Gasteiger partial charge on any atom is -0.491 e. The van der Waals surface area contributed by atoms with E-state index in [1.165, 1.54) is 24.3 Å². The summed E-state index contributed by atoms with van der Waals surface area (Å²) in [5.41, 5.74) is -0.958. The Balaban J connectivity index is 2.44. The lowest BCUT2D eigenvalue weighted by Gasteiger charge is -2.23. The molecule has 1 aromatic carbocycles. The molecular weight excluding hydrogens is 248 g/mol. The Hall–Kier alpha value is -1.66. The van der Waals surface area contributed by atoms with Crippen LogP contribution < -0.4 is 10.1 Å². The van der Waals surface area contributed by atoms with Crippen molar-refractivity contribution in [3.63, 3.8) is 0 Å². The first-order chi connectivity index (χ1) is 8.94. The van der Waals surface area contributed by atoms with Gasteiger partial charge in [0.2, 0.25) is 0 Å². The van der Waals surface area contributed by atoms with Gasteiger partial charge in [0.1, 0.15) is 18.0 Å². The van der Waals surface area contributed by atoms with Gasteiger partial charge < -0.3 is 15.2 Å². The zero-order valence-electron chi connectivity index (χ0n) is 11.3. The molecule has 0 amide bonds. The first-order valence-corrected chi connectivity index (χ1v) is 6.25. The van der Waals surface area contributed by atoms with E-state index in [0.29, 0.717) is 12.3 Å². The van der Waals surface area contributed by atoms with Gasteiger partial charge in [0.05, 0.1) is 4.92 Å². The summed E-state index contributed by atoms with van der Waals surface area (Å²) >= 11 is 0. The summed E-state index contributed by atoms with van der Waals surface area (Å²) in [7, 11) is 0. The number of nitrogens with one attached hydrogen (secondary N) is 1. The molecule has 1 rings (SSSR count). The molecule has 0 spiro atoms. The molecule has 1 unspecified atom stereocenters. The number of aliphatic hydroxyl groups is 1. The number of hydrogen-bond acceptors (Lipinski definition) is 5. The monoisotopic (exact) mass is 268 g/mol. The Bertz CT molecular complexity index is 404. The van der Waals surface area contributed by atoms with Gasteiger partial charge in [0.15, 0.2) is 0 Å². The highest BCUT2D eigenvalue weighted by Crippen LogP contribution is 2.18. The van der Waals surface area contributed by atoms with Gasteiger partial charge in [-0.1, -0.05) is 6.92 Å². The number of hydrogen-bond donors (Lipinski definition) is 2. The third-order valence-corrected chi connectivity index (χ3v) is 2.53. The fourth-order valence-electron chi connectivity index (χ4n) is 1.49. The van der Waals surface area contributed by atoms with Crippen molar-refractivity contribution in [1.82, 2.24) is 5.32 Å². The number of benzene rings is 1. The number of ether oxygens (including phenoxy) is 1. The highest BCUT2D eigenvalue weighted by molar-refractivity contribution is 5.35. The molecule has 6 nitrogen and oxygen atoms in total. The minimum atomic E-state index is -0.975. The van der Waals surface area contributed by atoms with E-state index in [4.69, 9.17) is 4.74 Å². The predicted molar refractivity (Wildman–Crippen MR) is 72.4 cm³/mol. The number of nitro benzene ring substituents is 1. The van der Waals surface area contributed by atoms with Gasteiger partial charge in [-0.2, -0.15) is 0 Å². The molecular formula is C13H20N2O4. The average Bonchev–Trinajstić information content (AvgIpc) is 2.37. The Morgan fingerprint density at radius 3 is 2.58 bits per heavy atom. The van der Waals surface area contributed by atoms with E-state index < -0.39 is 10.5 Å². The van der Waals surface area contributed by atoms with Crippen LogP contribution in [0, 0.1) is 10.1 Å². The second-order valence-electron chi connectivity index (χ2n) is 4.71. The van der Waals surface area contributed by atoms with Crippen molar-refractivity contribution < 1.29 is 14.8 Å². The molecule has 1 aromatic rings. The minimum absolute atomic E-state index is 0.0173. The molecule has 0 radical (unpaired) electrons. The smallest absolute Gasteiger partial charge is 0.269 e. The van der Waals surface area contributed by atoms with Gasteiger partial charge in [-0.05, 0) is 32.0 Å². The maximum atomic E-state index is 10.5. The van der Waals surface area contributed by atoms with Crippen LogP contribution in [0.25, 0.3) is 0 Å². The van der Waals surface area contributed by atoms with Crippen LogP contribution in [0.15, 0.2) is 24.3 Å². The van der Waals surface area contributed by atoms with Gasteiger partial charge in [-0.25, -0.2) is 0 Å². The maximum Gasteiger partial charge on any atom is 0.269 e. The zero-order valence-corrected chi connectivity index (χ0v) is 11.3. The Labute approximate surface area is 112 Å². The number of rotatable bonds is 8. The second-order valence-corrected chi connectivity index (χ2v) is 4.71. The molecule has 19 heavy (non-hydrogen) atoms. The lowest BCUT2D eigenvalue weighted by Crippen LogP contribution is -2.43. The molecule has 0 fully saturated rings. The molecule has 1 atom stereocenters. The maximum absolute atomic E-state index is 10.5. The summed E-state index contributed by atoms with van der Waals surface area (Å²) in [6, 6.07) is 5.79. The van der Waals surface area contributed by atoms with Gasteiger partial charge in [-0.15, -0.1) is 0 Å². The molecule has 0 bridgehead atoms. The second kappa shape index (κ2) is 7.06. The molecule has 0 aliphatic carbocycles. The van der Waals surface area contributed by atoms with Crippen LogP contribution in [-0.4, -0.2) is 35.3 Å². The third-order valence-electron chi connectivity index (χ3n) is 2.53. The lowest BCUT2D eigenvalue weighted by atomic mass is 10.1. The van der Waals surface area contributed by atoms with Gasteiger partial charge in [0, 0.05) is 18.7 Å². The van der Waals surface area contributed by atoms with Gasteiger partial charge in [-0.3, -0.25) is 10.1 Å². The van der Waals surface area contributed by atoms with Crippen LogP contribution in [0.4, 0.5) is 5.69 Å². The molecule has 0 aliphatic heterocycles. The van der Waals surface area contributed by atoms with Crippen LogP contribution in [0.2, 0.25) is 0 Å². The van der Waals surface area contributed by atoms with E-state index in [9.17, 15) is 15.2 Å². The van der Waals surface area contributed by atoms with E-state index in [1.54, 1.807) is 6.92 Å². The van der Waals surface area contributed by atoms with Gasteiger partial charge >= 0.3 is 0 Å². The van der Waals surface area contributed by atoms with E-state index >= 15 is 0 Å². The van der Waals surface area contributed by atoms with Crippen LogP contribution in [-0.2, 0) is 0 Å². The number of nitrogens with zero attached hydrogens (tertiary/aromatic N) is 1. The van der Waals surface area contributed by atoms with Crippen LogP contribution >= 0.6 is 0 Å². The standard InChI is InChI=1S/C13H20N2O4/c1-3-8-14-9-13(2,16)10-19-12-6-4-11(5-7-12)15(17)18/h4-7,14,16H,3,8-10H2,1-2H3. The number of nitro groups is 1. The molecule has 0 heterocycles. The average molecular weight is 268 g/mol. The van der Waals surface area contributed by atoms with Crippen LogP contribution in [0.1, 0.15) is 20.3 Å². The summed E-state index contributed by atoms with van der Waals surface area (Å²) in [6.07, 6.45) is 0.999. The normalized spacial score (nSPS) is 13.8. The lowest BCUT2D eigenvalue weighted by molar-refractivity contribution is -0.384. The topological polar surface area (TPSA) is 84.6 Å². The zero-order chi connectivity index (χ0) is 14.3. The Morgan fingerprint density at radius 2 is 2.05 bits per heavy atom.